The van der Waals surface area contributed by atoms with Crippen LogP contribution in [0.1, 0.15) is 21.7 Å². The van der Waals surface area contributed by atoms with E-state index in [9.17, 15) is 14.4 Å². The minimum Gasteiger partial charge on any atom is -0.497 e. The summed E-state index contributed by atoms with van der Waals surface area (Å²) in [5, 5.41) is 3.10. The van der Waals surface area contributed by atoms with Gasteiger partial charge in [0.1, 0.15) is 12.3 Å². The molecule has 0 atom stereocenters. The summed E-state index contributed by atoms with van der Waals surface area (Å²) in [5.74, 6) is 0.763. The van der Waals surface area contributed by atoms with Gasteiger partial charge in [0.25, 0.3) is 0 Å². The lowest BCUT2D eigenvalue weighted by atomic mass is 10.1. The van der Waals surface area contributed by atoms with Gasteiger partial charge in [-0.3, -0.25) is 14.4 Å². The van der Waals surface area contributed by atoms with Crippen molar-refractivity contribution >= 4 is 22.6 Å². The molecule has 0 radical (unpaired) electrons. The molecular formula is C25H20N2O7. The van der Waals surface area contributed by atoms with Crippen molar-refractivity contribution in [3.05, 3.63) is 88.1 Å². The lowest BCUT2D eigenvalue weighted by Crippen LogP contribution is -2.29. The Morgan fingerprint density at radius 1 is 1.09 bits per heavy atom. The summed E-state index contributed by atoms with van der Waals surface area (Å²) in [5.41, 5.74) is 0.759. The van der Waals surface area contributed by atoms with E-state index >= 15 is 0 Å². The third-order valence-corrected chi connectivity index (χ3v) is 5.53. The van der Waals surface area contributed by atoms with Gasteiger partial charge in [0.05, 0.1) is 29.8 Å². The molecule has 0 saturated heterocycles. The second-order valence-electron chi connectivity index (χ2n) is 7.65. The van der Waals surface area contributed by atoms with Crippen molar-refractivity contribution in [2.75, 3.05) is 13.9 Å². The fourth-order valence-electron chi connectivity index (χ4n) is 3.77. The fourth-order valence-corrected chi connectivity index (χ4v) is 3.77. The van der Waals surface area contributed by atoms with Crippen LogP contribution in [0.4, 0.5) is 0 Å². The summed E-state index contributed by atoms with van der Waals surface area (Å²) in [6, 6.07) is 13.6. The van der Waals surface area contributed by atoms with Gasteiger partial charge < -0.3 is 28.5 Å². The second-order valence-corrected chi connectivity index (χ2v) is 7.65. The molecule has 4 aromatic rings. The van der Waals surface area contributed by atoms with Gasteiger partial charge in [-0.15, -0.1) is 0 Å². The number of nitrogens with zero attached hydrogens (tertiary/aromatic N) is 1. The molecule has 0 unspecified atom stereocenters. The summed E-state index contributed by atoms with van der Waals surface area (Å²) >= 11 is 0. The van der Waals surface area contributed by atoms with Gasteiger partial charge in [0, 0.05) is 18.8 Å². The number of ketones is 1. The molecule has 172 valence electrons. The highest BCUT2D eigenvalue weighted by Gasteiger charge is 2.23. The summed E-state index contributed by atoms with van der Waals surface area (Å²) in [7, 11) is 1.59. The Hall–Kier alpha value is -4.53. The minimum absolute atomic E-state index is 0.0282. The van der Waals surface area contributed by atoms with Crippen LogP contribution in [0.25, 0.3) is 10.9 Å². The summed E-state index contributed by atoms with van der Waals surface area (Å²) in [6.07, 6.45) is 2.74. The number of carbonyl (C=O) groups is 2. The van der Waals surface area contributed by atoms with Crippen LogP contribution in [-0.2, 0) is 17.9 Å². The molecule has 1 aliphatic heterocycles. The van der Waals surface area contributed by atoms with Crippen molar-refractivity contribution in [1.82, 2.24) is 9.88 Å². The molecule has 0 fully saturated rings. The highest BCUT2D eigenvalue weighted by atomic mass is 16.7. The van der Waals surface area contributed by atoms with Gasteiger partial charge in [-0.2, -0.15) is 0 Å². The maximum absolute atomic E-state index is 13.2. The molecule has 2 aromatic carbocycles. The van der Waals surface area contributed by atoms with E-state index in [1.807, 2.05) is 24.3 Å². The molecule has 0 spiro atoms. The van der Waals surface area contributed by atoms with Crippen molar-refractivity contribution in [3.8, 4) is 17.2 Å². The predicted octanol–water partition coefficient (Wildman–Crippen LogP) is 2.88. The van der Waals surface area contributed by atoms with E-state index < -0.39 is 11.2 Å². The van der Waals surface area contributed by atoms with E-state index in [1.165, 1.54) is 24.6 Å². The molecule has 1 aliphatic rings. The standard InChI is InChI=1S/C25H20N2O7/c1-31-16-6-4-15(5-7-16)11-26-23(28)13-27-12-18(25(30)20-3-2-8-32-20)24(29)17-9-21-22(10-19(17)27)34-14-33-21/h2-10,12H,11,13-14H2,1H3,(H,26,28). The number of furan rings is 1. The largest absolute Gasteiger partial charge is 0.497 e. The van der Waals surface area contributed by atoms with Gasteiger partial charge in [0.2, 0.25) is 23.9 Å². The smallest absolute Gasteiger partial charge is 0.240 e. The number of amides is 1. The zero-order chi connectivity index (χ0) is 23.7. The summed E-state index contributed by atoms with van der Waals surface area (Å²) in [4.78, 5) is 38.9. The zero-order valence-corrected chi connectivity index (χ0v) is 18.2. The van der Waals surface area contributed by atoms with E-state index in [-0.39, 0.29) is 36.0 Å². The lowest BCUT2D eigenvalue weighted by Gasteiger charge is -2.14. The molecule has 0 aliphatic carbocycles. The molecule has 2 aromatic heterocycles. The number of hydrogen-bond donors (Lipinski definition) is 1. The van der Waals surface area contributed by atoms with Crippen LogP contribution in [0.3, 0.4) is 0 Å². The Bertz CT molecular complexity index is 1440. The van der Waals surface area contributed by atoms with Crippen LogP contribution in [-0.4, -0.2) is 30.2 Å². The van der Waals surface area contributed by atoms with Crippen LogP contribution in [0, 0.1) is 0 Å². The van der Waals surface area contributed by atoms with Crippen LogP contribution in [0.15, 0.2) is 70.2 Å². The third-order valence-electron chi connectivity index (χ3n) is 5.53. The quantitative estimate of drug-likeness (QED) is 0.423. The van der Waals surface area contributed by atoms with E-state index in [0.29, 0.717) is 23.6 Å². The van der Waals surface area contributed by atoms with E-state index in [1.54, 1.807) is 23.8 Å². The van der Waals surface area contributed by atoms with Crippen LogP contribution >= 0.6 is 0 Å². The number of ether oxygens (including phenoxy) is 3. The Labute approximate surface area is 193 Å². The number of hydrogen-bond acceptors (Lipinski definition) is 7. The maximum Gasteiger partial charge on any atom is 0.240 e. The molecule has 9 heteroatoms. The van der Waals surface area contributed by atoms with Gasteiger partial charge in [0.15, 0.2) is 17.3 Å². The Morgan fingerprint density at radius 2 is 1.85 bits per heavy atom. The van der Waals surface area contributed by atoms with Gasteiger partial charge in [-0.25, -0.2) is 0 Å². The molecule has 0 bridgehead atoms. The van der Waals surface area contributed by atoms with Crippen molar-refractivity contribution in [3.63, 3.8) is 0 Å². The van der Waals surface area contributed by atoms with Crippen molar-refractivity contribution in [2.45, 2.75) is 13.1 Å². The number of rotatable bonds is 7. The van der Waals surface area contributed by atoms with Crippen molar-refractivity contribution < 1.29 is 28.2 Å². The van der Waals surface area contributed by atoms with Crippen molar-refractivity contribution in [2.24, 2.45) is 0 Å². The number of benzene rings is 2. The van der Waals surface area contributed by atoms with Gasteiger partial charge in [-0.1, -0.05) is 12.1 Å². The first-order valence-electron chi connectivity index (χ1n) is 10.5. The topological polar surface area (TPSA) is 109 Å². The maximum atomic E-state index is 13.2. The van der Waals surface area contributed by atoms with Crippen LogP contribution in [0.5, 0.6) is 17.2 Å². The molecule has 9 nitrogen and oxygen atoms in total. The second kappa shape index (κ2) is 8.78. The SMILES string of the molecule is COc1ccc(CNC(=O)Cn2cc(C(=O)c3ccco3)c(=O)c3cc4c(cc32)OCO4)cc1. The summed E-state index contributed by atoms with van der Waals surface area (Å²) in [6.45, 7) is 0.219. The first-order valence-corrected chi connectivity index (χ1v) is 10.5. The molecule has 5 rings (SSSR count). The molecule has 1 N–H and O–H groups in total. The molecule has 3 heterocycles. The number of pyridine rings is 1. The van der Waals surface area contributed by atoms with Crippen LogP contribution < -0.4 is 25.0 Å². The first kappa shape index (κ1) is 21.3. The molecular weight excluding hydrogens is 440 g/mol. The fraction of sp³-hybridized carbons (Fsp3) is 0.160. The Kier molecular flexibility index (Phi) is 5.51. The number of nitrogens with one attached hydrogen (secondary N) is 1. The average molecular weight is 460 g/mol. The molecule has 0 saturated carbocycles. The zero-order valence-electron chi connectivity index (χ0n) is 18.2. The Balaban J connectivity index is 1.48. The number of fused-ring (bicyclic) bond motifs is 2. The molecule has 1 amide bonds. The monoisotopic (exact) mass is 460 g/mol. The van der Waals surface area contributed by atoms with E-state index in [2.05, 4.69) is 5.32 Å². The predicted molar refractivity (Wildman–Crippen MR) is 121 cm³/mol. The average Bonchev–Trinajstić information content (AvgIpc) is 3.55. The lowest BCUT2D eigenvalue weighted by molar-refractivity contribution is -0.121. The minimum atomic E-state index is -0.568. The van der Waals surface area contributed by atoms with Gasteiger partial charge in [-0.05, 0) is 35.9 Å². The summed E-state index contributed by atoms with van der Waals surface area (Å²) < 4.78 is 22.7. The van der Waals surface area contributed by atoms with Crippen LogP contribution in [0.2, 0.25) is 0 Å². The highest BCUT2D eigenvalue weighted by molar-refractivity contribution is 6.08. The Morgan fingerprint density at radius 3 is 2.56 bits per heavy atom. The number of aromatic nitrogens is 1. The number of carbonyl (C=O) groups excluding carboxylic acids is 2. The first-order chi connectivity index (χ1) is 16.5. The van der Waals surface area contributed by atoms with E-state index in [0.717, 1.165) is 11.3 Å². The van der Waals surface area contributed by atoms with Crippen molar-refractivity contribution in [1.29, 1.82) is 0 Å². The van der Waals surface area contributed by atoms with E-state index in [4.69, 9.17) is 18.6 Å². The van der Waals surface area contributed by atoms with Gasteiger partial charge >= 0.3 is 0 Å². The highest BCUT2D eigenvalue weighted by Crippen LogP contribution is 2.35. The normalized spacial score (nSPS) is 12.0. The molecule has 34 heavy (non-hydrogen) atoms. The third kappa shape index (κ3) is 3.99. The number of methoxy groups -OCH3 is 1.